The van der Waals surface area contributed by atoms with Crippen molar-refractivity contribution in [3.63, 3.8) is 0 Å². The molecule has 1 aromatic heterocycles. The van der Waals surface area contributed by atoms with Crippen LogP contribution in [-0.2, 0) is 6.54 Å². The van der Waals surface area contributed by atoms with Crippen molar-refractivity contribution in [2.45, 2.75) is 19.4 Å². The van der Waals surface area contributed by atoms with Gasteiger partial charge in [-0.1, -0.05) is 42.5 Å². The molecule has 5 rings (SSSR count). The van der Waals surface area contributed by atoms with Gasteiger partial charge in [0.2, 0.25) is 0 Å². The van der Waals surface area contributed by atoms with E-state index in [9.17, 15) is 4.79 Å². The highest BCUT2D eigenvalue weighted by Crippen LogP contribution is 2.33. The van der Waals surface area contributed by atoms with Gasteiger partial charge in [0.15, 0.2) is 0 Å². The Morgan fingerprint density at radius 3 is 2.40 bits per heavy atom. The second-order valence-electron chi connectivity index (χ2n) is 8.29. The lowest BCUT2D eigenvalue weighted by molar-refractivity contribution is 0.301. The van der Waals surface area contributed by atoms with Crippen LogP contribution in [0, 0.1) is 0 Å². The number of benzene rings is 4. The molecular weight excluding hydrogens is 504 g/mol. The van der Waals surface area contributed by atoms with Gasteiger partial charge in [-0.2, -0.15) is 0 Å². The minimum absolute atomic E-state index is 0.0281. The number of methoxy groups -OCH3 is 1. The fraction of sp³-hybridized carbons (Fsp3) is 0.172. The molecule has 0 radical (unpaired) electrons. The Labute approximate surface area is 212 Å². The number of fused-ring (bicyclic) bond motifs is 2. The normalized spacial score (nSPS) is 11.1. The van der Waals surface area contributed by atoms with Crippen LogP contribution < -0.4 is 15.0 Å². The Bertz CT molecular complexity index is 1540. The fourth-order valence-electron chi connectivity index (χ4n) is 4.22. The van der Waals surface area contributed by atoms with Gasteiger partial charge in [-0.25, -0.2) is 4.98 Å². The summed E-state index contributed by atoms with van der Waals surface area (Å²) in [6.07, 6.45) is 1.59. The zero-order valence-electron chi connectivity index (χ0n) is 19.4. The maximum absolute atomic E-state index is 13.4. The van der Waals surface area contributed by atoms with E-state index in [1.165, 1.54) is 5.39 Å². The van der Waals surface area contributed by atoms with E-state index in [0.717, 1.165) is 39.8 Å². The molecule has 0 aliphatic rings. The van der Waals surface area contributed by atoms with E-state index in [4.69, 9.17) is 14.5 Å². The molecule has 0 spiro atoms. The third-order valence-corrected chi connectivity index (χ3v) is 6.89. The standard InChI is InChI=1S/C29H25BrN2O3/c1-34-22-15-12-21(13-16-22)28-31-25-11-5-4-10-24(25)29(33)32(28)18-6-7-19-35-26-17-14-20-8-2-3-9-23(20)27(26)30/h2-5,8-17H,6-7,18-19H2,1H3. The zero-order chi connectivity index (χ0) is 24.2. The van der Waals surface area contributed by atoms with Gasteiger partial charge in [0.1, 0.15) is 17.3 Å². The highest BCUT2D eigenvalue weighted by atomic mass is 79.9. The molecule has 0 aliphatic carbocycles. The van der Waals surface area contributed by atoms with Crippen LogP contribution in [0.5, 0.6) is 11.5 Å². The summed E-state index contributed by atoms with van der Waals surface area (Å²) in [6.45, 7) is 1.12. The third kappa shape index (κ3) is 4.80. The van der Waals surface area contributed by atoms with Crippen molar-refractivity contribution < 1.29 is 9.47 Å². The Morgan fingerprint density at radius 2 is 1.60 bits per heavy atom. The number of ether oxygens (including phenoxy) is 2. The van der Waals surface area contributed by atoms with Gasteiger partial charge in [0.05, 0.1) is 29.1 Å². The highest BCUT2D eigenvalue weighted by Gasteiger charge is 2.13. The van der Waals surface area contributed by atoms with Gasteiger partial charge in [-0.15, -0.1) is 0 Å². The van der Waals surface area contributed by atoms with Crippen molar-refractivity contribution in [1.29, 1.82) is 0 Å². The summed E-state index contributed by atoms with van der Waals surface area (Å²) in [4.78, 5) is 18.2. The van der Waals surface area contributed by atoms with Crippen molar-refractivity contribution in [2.75, 3.05) is 13.7 Å². The molecule has 5 aromatic rings. The smallest absolute Gasteiger partial charge is 0.261 e. The summed E-state index contributed by atoms with van der Waals surface area (Å²) >= 11 is 3.68. The van der Waals surface area contributed by atoms with Crippen molar-refractivity contribution in [1.82, 2.24) is 9.55 Å². The summed E-state index contributed by atoms with van der Waals surface area (Å²) in [7, 11) is 1.64. The maximum Gasteiger partial charge on any atom is 0.261 e. The molecule has 35 heavy (non-hydrogen) atoms. The third-order valence-electron chi connectivity index (χ3n) is 6.07. The SMILES string of the molecule is COc1ccc(-c2nc3ccccc3c(=O)n2CCCCOc2ccc3ccccc3c2Br)cc1. The Morgan fingerprint density at radius 1 is 0.857 bits per heavy atom. The van der Waals surface area contributed by atoms with Gasteiger partial charge in [0, 0.05) is 12.1 Å². The van der Waals surface area contributed by atoms with Crippen molar-refractivity contribution in [3.8, 4) is 22.9 Å². The predicted molar refractivity (Wildman–Crippen MR) is 144 cm³/mol. The number of rotatable bonds is 8. The Hall–Kier alpha value is -3.64. The largest absolute Gasteiger partial charge is 0.497 e. The molecular formula is C29H25BrN2O3. The van der Waals surface area contributed by atoms with Crippen LogP contribution >= 0.6 is 15.9 Å². The quantitative estimate of drug-likeness (QED) is 0.207. The second kappa shape index (κ2) is 10.3. The predicted octanol–water partition coefficient (Wildman–Crippen LogP) is 6.85. The lowest BCUT2D eigenvalue weighted by Gasteiger charge is -2.15. The molecule has 0 bridgehead atoms. The van der Waals surface area contributed by atoms with Gasteiger partial charge in [-0.05, 0) is 82.0 Å². The number of unbranched alkanes of at least 4 members (excludes halogenated alkanes) is 1. The number of aromatic nitrogens is 2. The zero-order valence-corrected chi connectivity index (χ0v) is 21.0. The minimum atomic E-state index is -0.0281. The molecule has 0 aliphatic heterocycles. The lowest BCUT2D eigenvalue weighted by Crippen LogP contribution is -2.24. The molecule has 0 saturated carbocycles. The number of halogens is 1. The molecule has 1 heterocycles. The lowest BCUT2D eigenvalue weighted by atomic mass is 10.1. The number of nitrogens with zero attached hydrogens (tertiary/aromatic N) is 2. The van der Waals surface area contributed by atoms with Crippen LogP contribution in [0.25, 0.3) is 33.1 Å². The Kier molecular flexibility index (Phi) is 6.82. The molecule has 5 nitrogen and oxygen atoms in total. The monoisotopic (exact) mass is 528 g/mol. The summed E-state index contributed by atoms with van der Waals surface area (Å²) in [5.41, 5.74) is 1.55. The van der Waals surface area contributed by atoms with Gasteiger partial charge in [0.25, 0.3) is 5.56 Å². The van der Waals surface area contributed by atoms with Crippen LogP contribution in [0.1, 0.15) is 12.8 Å². The van der Waals surface area contributed by atoms with Crippen LogP contribution in [0.4, 0.5) is 0 Å². The van der Waals surface area contributed by atoms with Crippen molar-refractivity contribution in [3.05, 3.63) is 99.8 Å². The molecule has 0 unspecified atom stereocenters. The molecule has 4 aromatic carbocycles. The molecule has 176 valence electrons. The first-order chi connectivity index (χ1) is 17.2. The van der Waals surface area contributed by atoms with E-state index in [-0.39, 0.29) is 5.56 Å². The number of para-hydroxylation sites is 1. The molecule has 0 saturated heterocycles. The fourth-order valence-corrected chi connectivity index (χ4v) is 4.82. The first kappa shape index (κ1) is 23.1. The maximum atomic E-state index is 13.4. The minimum Gasteiger partial charge on any atom is -0.497 e. The molecule has 0 fully saturated rings. The average molecular weight is 529 g/mol. The summed E-state index contributed by atoms with van der Waals surface area (Å²) in [6, 6.07) is 27.4. The average Bonchev–Trinajstić information content (AvgIpc) is 2.91. The van der Waals surface area contributed by atoms with E-state index >= 15 is 0 Å². The molecule has 0 N–H and O–H groups in total. The van der Waals surface area contributed by atoms with E-state index < -0.39 is 0 Å². The van der Waals surface area contributed by atoms with Crippen LogP contribution in [0.3, 0.4) is 0 Å². The van der Waals surface area contributed by atoms with Gasteiger partial charge in [-0.3, -0.25) is 9.36 Å². The van der Waals surface area contributed by atoms with E-state index in [2.05, 4.69) is 34.1 Å². The molecule has 6 heteroatoms. The highest BCUT2D eigenvalue weighted by molar-refractivity contribution is 9.10. The summed E-state index contributed by atoms with van der Waals surface area (Å²) < 4.78 is 14.1. The van der Waals surface area contributed by atoms with E-state index in [1.807, 2.05) is 66.7 Å². The summed E-state index contributed by atoms with van der Waals surface area (Å²) in [5.74, 6) is 2.25. The summed E-state index contributed by atoms with van der Waals surface area (Å²) in [5, 5.41) is 2.92. The van der Waals surface area contributed by atoms with E-state index in [0.29, 0.717) is 29.9 Å². The molecule has 0 amide bonds. The van der Waals surface area contributed by atoms with E-state index in [1.54, 1.807) is 11.7 Å². The van der Waals surface area contributed by atoms with Crippen LogP contribution in [0.2, 0.25) is 0 Å². The molecule has 0 atom stereocenters. The van der Waals surface area contributed by atoms with Crippen LogP contribution in [0.15, 0.2) is 94.2 Å². The number of hydrogen-bond acceptors (Lipinski definition) is 4. The van der Waals surface area contributed by atoms with Crippen molar-refractivity contribution >= 4 is 37.6 Å². The first-order valence-corrected chi connectivity index (χ1v) is 12.4. The van der Waals surface area contributed by atoms with Gasteiger partial charge < -0.3 is 9.47 Å². The Balaban J connectivity index is 1.33. The van der Waals surface area contributed by atoms with Crippen LogP contribution in [-0.4, -0.2) is 23.3 Å². The van der Waals surface area contributed by atoms with Gasteiger partial charge >= 0.3 is 0 Å². The topological polar surface area (TPSA) is 53.3 Å². The van der Waals surface area contributed by atoms with Crippen molar-refractivity contribution in [2.24, 2.45) is 0 Å². The number of hydrogen-bond donors (Lipinski definition) is 0. The second-order valence-corrected chi connectivity index (χ2v) is 9.09. The first-order valence-electron chi connectivity index (χ1n) is 11.6.